The molecule has 0 fully saturated rings. The van der Waals surface area contributed by atoms with E-state index in [9.17, 15) is 0 Å². The summed E-state index contributed by atoms with van der Waals surface area (Å²) in [5, 5.41) is 7.63. The first-order valence-electron chi connectivity index (χ1n) is 47.9. The van der Waals surface area contributed by atoms with Crippen LogP contribution < -0.4 is 41.3 Å². The standard InChI is InChI=1S/C125H98B2N4S/c1-119(2)64-65-120(3,4)102-72-84(57-62-96(102)119)131-114-90(61-60-89-87-44-24-26-46-95(87)122(7,8)111(89)114)93-70-78-68-76(56-59-86(78)116-112(93)127(131)105-52-33-50-101-118(105)129(116)107-54-30-28-48-99(107)125(101,81-39-18-12-19-40-81)82-41-20-13-21-42-82)75-123(9)67-66-121(5,6)103-71-83(58-63-97(103)123)130-108-73-92-88-45-25-31-55-109(88)132-110(92)74-91(108)94-69-77-34-22-23-43-85(77)115-113(94)126(130)104-51-32-49-100-117(104)128(115)106-53-29-27-47-98(106)124(100,79-35-14-10-15-36-79)80-37-16-11-17-38-80/h10-63,68-74H,64-67,75H2,1-9H3. The van der Waals surface area contributed by atoms with Crippen LogP contribution in [0.25, 0.3) is 75.1 Å². The van der Waals surface area contributed by atoms with E-state index in [-0.39, 0.29) is 40.8 Å². The van der Waals surface area contributed by atoms with E-state index in [0.29, 0.717) is 0 Å². The van der Waals surface area contributed by atoms with Crippen molar-refractivity contribution < 1.29 is 0 Å². The van der Waals surface area contributed by atoms with Crippen molar-refractivity contribution in [2.45, 2.75) is 132 Å². The normalized spacial score (nSPS) is 18.1. The maximum atomic E-state index is 2.89. The third-order valence-corrected chi connectivity index (χ3v) is 34.8. The molecule has 132 heavy (non-hydrogen) atoms. The van der Waals surface area contributed by atoms with E-state index in [4.69, 9.17) is 0 Å². The van der Waals surface area contributed by atoms with E-state index in [1.54, 1.807) is 0 Å². The van der Waals surface area contributed by atoms with Gasteiger partial charge in [0.15, 0.2) is 0 Å². The number of fused-ring (bicyclic) bond motifs is 25. The molecule has 7 heterocycles. The van der Waals surface area contributed by atoms with Gasteiger partial charge in [0.1, 0.15) is 0 Å². The molecule has 0 radical (unpaired) electrons. The molecular weight excluding hydrogens is 1610 g/mol. The van der Waals surface area contributed by atoms with Crippen molar-refractivity contribution >= 4 is 145 Å². The van der Waals surface area contributed by atoms with Gasteiger partial charge in [-0.15, -0.1) is 11.3 Å². The fourth-order valence-corrected chi connectivity index (χ4v) is 28.6. The van der Waals surface area contributed by atoms with Crippen LogP contribution in [0.3, 0.4) is 0 Å². The van der Waals surface area contributed by atoms with Gasteiger partial charge in [-0.3, -0.25) is 0 Å². The van der Waals surface area contributed by atoms with Crippen molar-refractivity contribution in [3.63, 3.8) is 0 Å². The zero-order chi connectivity index (χ0) is 88.2. The van der Waals surface area contributed by atoms with E-state index >= 15 is 0 Å². The third-order valence-electron chi connectivity index (χ3n) is 33.6. The highest BCUT2D eigenvalue weighted by Crippen LogP contribution is 2.66. The largest absolute Gasteiger partial charge is 0.376 e. The molecule has 0 spiro atoms. The predicted octanol–water partition coefficient (Wildman–Crippen LogP) is 29.4. The number of hydrogen-bond acceptors (Lipinski definition) is 5. The zero-order valence-corrected chi connectivity index (χ0v) is 76.9. The topological polar surface area (TPSA) is 13.0 Å². The maximum absolute atomic E-state index is 2.89. The molecule has 0 saturated heterocycles. The first-order chi connectivity index (χ1) is 64.3. The molecule has 0 bridgehead atoms. The second kappa shape index (κ2) is 26.9. The molecule has 7 heteroatoms. The van der Waals surface area contributed by atoms with Crippen molar-refractivity contribution in [3.8, 4) is 33.4 Å². The Balaban J connectivity index is 0.663. The Morgan fingerprint density at radius 2 is 0.742 bits per heavy atom. The first-order valence-corrected chi connectivity index (χ1v) is 48.7. The van der Waals surface area contributed by atoms with Crippen molar-refractivity contribution in [2.75, 3.05) is 19.4 Å². The minimum Gasteiger partial charge on any atom is -0.376 e. The minimum absolute atomic E-state index is 0.0311. The fraction of sp³-hybridized carbons (Fsp3) is 0.168. The zero-order valence-electron chi connectivity index (χ0n) is 76.1. The van der Waals surface area contributed by atoms with E-state index in [1.165, 1.54) is 237 Å². The summed E-state index contributed by atoms with van der Waals surface area (Å²) in [6, 6.07) is 146. The van der Waals surface area contributed by atoms with Crippen LogP contribution in [0.15, 0.2) is 370 Å². The minimum atomic E-state index is -0.690. The van der Waals surface area contributed by atoms with Crippen molar-refractivity contribution in [1.29, 1.82) is 0 Å². The maximum Gasteiger partial charge on any atom is 0.333 e. The lowest BCUT2D eigenvalue weighted by molar-refractivity contribution is 0.310. The van der Waals surface area contributed by atoms with Gasteiger partial charge in [-0.2, -0.15) is 0 Å². The number of para-hydroxylation sites is 4. The lowest BCUT2D eigenvalue weighted by atomic mass is 9.42. The molecule has 18 aromatic carbocycles. The third kappa shape index (κ3) is 9.99. The summed E-state index contributed by atoms with van der Waals surface area (Å²) in [4.78, 5) is 11.2. The van der Waals surface area contributed by atoms with Gasteiger partial charge in [0.2, 0.25) is 0 Å². The highest BCUT2D eigenvalue weighted by atomic mass is 32.1. The molecule has 28 rings (SSSR count). The van der Waals surface area contributed by atoms with Crippen LogP contribution in [0.4, 0.5) is 56.9 Å². The average molecular weight is 1710 g/mol. The first kappa shape index (κ1) is 76.9. The van der Waals surface area contributed by atoms with Gasteiger partial charge in [-0.25, -0.2) is 0 Å². The highest BCUT2D eigenvalue weighted by molar-refractivity contribution is 7.25. The van der Waals surface area contributed by atoms with Crippen LogP contribution in [0.2, 0.25) is 0 Å². The van der Waals surface area contributed by atoms with Gasteiger partial charge in [0, 0.05) is 81.6 Å². The van der Waals surface area contributed by atoms with E-state index < -0.39 is 10.8 Å². The molecule has 3 aliphatic carbocycles. The second-order valence-electron chi connectivity index (χ2n) is 42.2. The van der Waals surface area contributed by atoms with E-state index in [2.05, 4.69) is 452 Å². The molecule has 9 aliphatic rings. The van der Waals surface area contributed by atoms with Crippen LogP contribution in [0.5, 0.6) is 0 Å². The lowest BCUT2D eigenvalue weighted by Gasteiger charge is -2.53. The van der Waals surface area contributed by atoms with E-state index in [1.807, 2.05) is 11.3 Å². The quantitative estimate of drug-likeness (QED) is 0.141. The summed E-state index contributed by atoms with van der Waals surface area (Å²) < 4.78 is 2.62. The average Bonchev–Trinajstić information content (AvgIpc) is 1.12. The molecule has 19 aromatic rings. The van der Waals surface area contributed by atoms with Crippen LogP contribution in [0.1, 0.15) is 171 Å². The van der Waals surface area contributed by atoms with Crippen LogP contribution in [-0.2, 0) is 44.3 Å². The van der Waals surface area contributed by atoms with Crippen molar-refractivity contribution in [3.05, 3.63) is 454 Å². The molecule has 1 unspecified atom stereocenters. The van der Waals surface area contributed by atoms with Gasteiger partial charge in [0.05, 0.1) is 33.6 Å². The van der Waals surface area contributed by atoms with Crippen molar-refractivity contribution in [1.82, 2.24) is 0 Å². The Morgan fingerprint density at radius 1 is 0.273 bits per heavy atom. The lowest BCUT2D eigenvalue weighted by Crippen LogP contribution is -2.63. The monoisotopic (exact) mass is 1710 g/mol. The van der Waals surface area contributed by atoms with Gasteiger partial charge >= 0.3 is 13.7 Å². The highest BCUT2D eigenvalue weighted by Gasteiger charge is 2.58. The summed E-state index contributed by atoms with van der Waals surface area (Å²) in [6.45, 7) is 22.2. The number of hydrogen-bond donors (Lipinski definition) is 0. The Kier molecular flexibility index (Phi) is 15.7. The molecule has 1 aromatic heterocycles. The van der Waals surface area contributed by atoms with Crippen LogP contribution in [0, 0.1) is 0 Å². The summed E-state index contributed by atoms with van der Waals surface area (Å²) >= 11 is 1.92. The van der Waals surface area contributed by atoms with Crippen molar-refractivity contribution in [2.24, 2.45) is 0 Å². The van der Waals surface area contributed by atoms with Gasteiger partial charge < -0.3 is 19.4 Å². The molecule has 4 nitrogen and oxygen atoms in total. The van der Waals surface area contributed by atoms with Gasteiger partial charge in [-0.1, -0.05) is 366 Å². The Morgan fingerprint density at radius 3 is 1.36 bits per heavy atom. The molecule has 0 amide bonds. The molecule has 630 valence electrons. The predicted molar refractivity (Wildman–Crippen MR) is 558 cm³/mol. The second-order valence-corrected chi connectivity index (χ2v) is 43.3. The molecule has 0 N–H and O–H groups in total. The summed E-state index contributed by atoms with van der Waals surface area (Å²) in [7, 11) is 0. The van der Waals surface area contributed by atoms with Crippen LogP contribution in [-0.4, -0.2) is 13.7 Å². The number of rotatable bonds is 8. The molecular formula is C125H98B2N4S. The Hall–Kier alpha value is -14.0. The molecule has 1 atom stereocenters. The fourth-order valence-electron chi connectivity index (χ4n) is 27.5. The number of benzene rings is 18. The molecule has 6 aliphatic heterocycles. The number of nitrogens with zero attached hydrogens (tertiary/aromatic N) is 4. The Bertz CT molecular complexity index is 8190. The Labute approximate surface area is 778 Å². The number of thiophene rings is 1. The summed E-state index contributed by atoms with van der Waals surface area (Å²) in [5.74, 6) is 0. The van der Waals surface area contributed by atoms with Gasteiger partial charge in [-0.05, 0) is 259 Å². The smallest absolute Gasteiger partial charge is 0.333 e. The SMILES string of the molecule is CC1(C)CCC(C)(C)c2cc(N3B4c5cccc6c5N(c5ccccc5C6(c5ccccc5)c5ccccc5)c5c4c(cc4cc(CC6(C)CCC(C)(C)c7cc(N8B9c%10cccc%11c%10N(c%10ccccc%10C%11(c%10ccccc%10)c%10ccccc%10)c%10c9c(cc9ccccc%109)-c9cc%10sc%11ccccc%11c%10cc98)ccc76)ccc54)-c4ccc5c(c43)C(C)(C)c3ccccc3-5)ccc21. The van der Waals surface area contributed by atoms with Gasteiger partial charge in [0.25, 0.3) is 0 Å². The summed E-state index contributed by atoms with van der Waals surface area (Å²) in [6.07, 6.45) is 5.22. The number of anilines is 10. The van der Waals surface area contributed by atoms with E-state index in [0.717, 1.165) is 32.1 Å². The summed E-state index contributed by atoms with van der Waals surface area (Å²) in [5.41, 5.74) is 43.7. The molecule has 0 saturated carbocycles. The van der Waals surface area contributed by atoms with Crippen LogP contribution >= 0.6 is 11.3 Å².